The number of hydrogen-bond acceptors (Lipinski definition) is 3. The molecule has 6 heteroatoms. The molecule has 2 heterocycles. The van der Waals surface area contributed by atoms with Crippen molar-refractivity contribution in [3.63, 3.8) is 0 Å². The van der Waals surface area contributed by atoms with E-state index < -0.39 is 0 Å². The minimum atomic E-state index is -0.0995. The number of rotatable bonds is 2. The fourth-order valence-electron chi connectivity index (χ4n) is 2.77. The summed E-state index contributed by atoms with van der Waals surface area (Å²) in [5.74, 6) is -0.135. The van der Waals surface area contributed by atoms with Crippen LogP contribution in [0.2, 0.25) is 5.02 Å². The molecule has 0 saturated carbocycles. The molecule has 3 rings (SSSR count). The molecule has 0 atom stereocenters. The highest BCUT2D eigenvalue weighted by atomic mass is 35.5. The lowest BCUT2D eigenvalue weighted by Gasteiger charge is -2.29. The van der Waals surface area contributed by atoms with Gasteiger partial charge >= 0.3 is 0 Å². The molecule has 2 amide bonds. The van der Waals surface area contributed by atoms with E-state index in [1.807, 2.05) is 4.90 Å². The van der Waals surface area contributed by atoms with E-state index in [1.165, 1.54) is 11.4 Å². The molecule has 1 fully saturated rings. The number of hydrogen-bond donors (Lipinski definition) is 0. The Hall–Kier alpha value is -1.88. The largest absolute Gasteiger partial charge is 0.338 e. The van der Waals surface area contributed by atoms with Crippen LogP contribution in [0.25, 0.3) is 0 Å². The summed E-state index contributed by atoms with van der Waals surface area (Å²) in [6, 6.07) is 6.89. The molecule has 1 saturated heterocycles. The first-order valence-corrected chi connectivity index (χ1v) is 7.98. The number of likely N-dealkylation sites (tertiary alicyclic amines) is 1. The third-order valence-electron chi connectivity index (χ3n) is 3.99. The molecule has 0 radical (unpaired) electrons. The Morgan fingerprint density at radius 1 is 1.05 bits per heavy atom. The summed E-state index contributed by atoms with van der Waals surface area (Å²) in [6.45, 7) is 1.57. The number of piperidine rings is 1. The number of anilines is 1. The summed E-state index contributed by atoms with van der Waals surface area (Å²) < 4.78 is 0. The summed E-state index contributed by atoms with van der Waals surface area (Å²) >= 11 is 5.87. The van der Waals surface area contributed by atoms with Crippen LogP contribution < -0.4 is 5.01 Å². The van der Waals surface area contributed by atoms with Crippen molar-refractivity contribution in [2.24, 2.45) is 5.10 Å². The number of halogens is 1. The van der Waals surface area contributed by atoms with Gasteiger partial charge in [0.15, 0.2) is 0 Å². The van der Waals surface area contributed by atoms with Crippen LogP contribution in [-0.2, 0) is 9.59 Å². The van der Waals surface area contributed by atoms with Crippen molar-refractivity contribution in [3.8, 4) is 0 Å². The van der Waals surface area contributed by atoms with Crippen LogP contribution in [0.1, 0.15) is 32.1 Å². The van der Waals surface area contributed by atoms with Gasteiger partial charge in [0.2, 0.25) is 5.91 Å². The van der Waals surface area contributed by atoms with Gasteiger partial charge in [-0.1, -0.05) is 11.6 Å². The van der Waals surface area contributed by atoms with E-state index in [0.29, 0.717) is 29.3 Å². The molecule has 1 aromatic rings. The monoisotopic (exact) mass is 319 g/mol. The Balaban J connectivity index is 1.82. The number of amides is 2. The van der Waals surface area contributed by atoms with Gasteiger partial charge in [0, 0.05) is 31.0 Å². The van der Waals surface area contributed by atoms with E-state index in [9.17, 15) is 9.59 Å². The molecule has 0 spiro atoms. The first kappa shape index (κ1) is 15.0. The second kappa shape index (κ2) is 6.48. The van der Waals surface area contributed by atoms with Crippen molar-refractivity contribution in [3.05, 3.63) is 29.3 Å². The lowest BCUT2D eigenvalue weighted by molar-refractivity contribution is -0.125. The Bertz CT molecular complexity index is 606. The van der Waals surface area contributed by atoms with Crippen molar-refractivity contribution in [1.82, 2.24) is 4.90 Å². The molecular weight excluding hydrogens is 302 g/mol. The Morgan fingerprint density at radius 3 is 2.41 bits per heavy atom. The first-order valence-electron chi connectivity index (χ1n) is 7.60. The topological polar surface area (TPSA) is 53.0 Å². The fourth-order valence-corrected chi connectivity index (χ4v) is 2.90. The van der Waals surface area contributed by atoms with Crippen LogP contribution in [0.3, 0.4) is 0 Å². The summed E-state index contributed by atoms with van der Waals surface area (Å²) in [4.78, 5) is 26.5. The maximum absolute atomic E-state index is 12.5. The lowest BCUT2D eigenvalue weighted by Crippen LogP contribution is -2.43. The van der Waals surface area contributed by atoms with Crippen LogP contribution in [0, 0.1) is 0 Å². The zero-order valence-corrected chi connectivity index (χ0v) is 13.1. The molecule has 0 bridgehead atoms. The third-order valence-corrected chi connectivity index (χ3v) is 4.25. The van der Waals surface area contributed by atoms with Gasteiger partial charge in [-0.15, -0.1) is 0 Å². The maximum Gasteiger partial charge on any atom is 0.270 e. The van der Waals surface area contributed by atoms with Crippen molar-refractivity contribution < 1.29 is 9.59 Å². The van der Waals surface area contributed by atoms with Crippen molar-refractivity contribution in [2.45, 2.75) is 32.1 Å². The second-order valence-electron chi connectivity index (χ2n) is 5.58. The predicted molar refractivity (Wildman–Crippen MR) is 86.0 cm³/mol. The van der Waals surface area contributed by atoms with Crippen LogP contribution in [0.4, 0.5) is 5.69 Å². The van der Waals surface area contributed by atoms with Crippen LogP contribution in [0.15, 0.2) is 29.4 Å². The molecule has 0 unspecified atom stereocenters. The van der Waals surface area contributed by atoms with Gasteiger partial charge in [0.05, 0.1) is 5.69 Å². The smallest absolute Gasteiger partial charge is 0.270 e. The third kappa shape index (κ3) is 3.14. The second-order valence-corrected chi connectivity index (χ2v) is 6.02. The molecule has 0 N–H and O–H groups in total. The quantitative estimate of drug-likeness (QED) is 0.841. The molecular formula is C16H18ClN3O2. The van der Waals surface area contributed by atoms with Gasteiger partial charge in [0.1, 0.15) is 5.71 Å². The molecule has 1 aromatic carbocycles. The van der Waals surface area contributed by atoms with E-state index in [4.69, 9.17) is 11.6 Å². The molecule has 116 valence electrons. The van der Waals surface area contributed by atoms with Gasteiger partial charge in [-0.2, -0.15) is 5.10 Å². The Labute approximate surface area is 134 Å². The van der Waals surface area contributed by atoms with Crippen molar-refractivity contribution >= 4 is 34.8 Å². The molecule has 5 nitrogen and oxygen atoms in total. The fraction of sp³-hybridized carbons (Fsp3) is 0.438. The minimum absolute atomic E-state index is 0.0360. The summed E-state index contributed by atoms with van der Waals surface area (Å²) in [7, 11) is 0. The van der Waals surface area contributed by atoms with Crippen LogP contribution in [-0.4, -0.2) is 35.5 Å². The highest BCUT2D eigenvalue weighted by molar-refractivity contribution is 6.40. The zero-order valence-electron chi connectivity index (χ0n) is 12.3. The van der Waals surface area contributed by atoms with Gasteiger partial charge in [-0.05, 0) is 43.5 Å². The Kier molecular flexibility index (Phi) is 4.43. The molecule has 22 heavy (non-hydrogen) atoms. The van der Waals surface area contributed by atoms with Gasteiger partial charge < -0.3 is 4.90 Å². The summed E-state index contributed by atoms with van der Waals surface area (Å²) in [5, 5.41) is 6.22. The normalized spacial score (nSPS) is 19.1. The number of hydrazone groups is 1. The molecule has 2 aliphatic heterocycles. The van der Waals surface area contributed by atoms with E-state index in [1.54, 1.807) is 24.3 Å². The van der Waals surface area contributed by atoms with Crippen molar-refractivity contribution in [1.29, 1.82) is 0 Å². The molecule has 2 aliphatic rings. The maximum atomic E-state index is 12.5. The zero-order chi connectivity index (χ0) is 15.5. The van der Waals surface area contributed by atoms with Gasteiger partial charge in [0.25, 0.3) is 5.91 Å². The number of carbonyl (C=O) groups excluding carboxylic acids is 2. The van der Waals surface area contributed by atoms with Gasteiger partial charge in [-0.25, -0.2) is 5.01 Å². The first-order chi connectivity index (χ1) is 10.6. The standard InChI is InChI=1S/C16H18ClN3O2/c17-12-4-6-13(7-5-12)20-15(21)9-8-14(18-20)16(22)19-10-2-1-3-11-19/h4-7H,1-3,8-11H2. The van der Waals surface area contributed by atoms with Crippen molar-refractivity contribution in [2.75, 3.05) is 18.1 Å². The highest BCUT2D eigenvalue weighted by Crippen LogP contribution is 2.23. The van der Waals surface area contributed by atoms with Crippen LogP contribution >= 0.6 is 11.6 Å². The van der Waals surface area contributed by atoms with Gasteiger partial charge in [-0.3, -0.25) is 9.59 Å². The number of benzene rings is 1. The van der Waals surface area contributed by atoms with Crippen LogP contribution in [0.5, 0.6) is 0 Å². The number of nitrogens with zero attached hydrogens (tertiary/aromatic N) is 3. The van der Waals surface area contributed by atoms with E-state index >= 15 is 0 Å². The molecule has 0 aliphatic carbocycles. The number of carbonyl (C=O) groups is 2. The summed E-state index contributed by atoms with van der Waals surface area (Å²) in [6.07, 6.45) is 3.97. The average molecular weight is 320 g/mol. The highest BCUT2D eigenvalue weighted by Gasteiger charge is 2.28. The summed E-state index contributed by atoms with van der Waals surface area (Å²) in [5.41, 5.74) is 1.11. The van der Waals surface area contributed by atoms with E-state index in [-0.39, 0.29) is 11.8 Å². The minimum Gasteiger partial charge on any atom is -0.338 e. The average Bonchev–Trinajstić information content (AvgIpc) is 2.56. The lowest BCUT2D eigenvalue weighted by atomic mass is 10.1. The molecule has 0 aromatic heterocycles. The SMILES string of the molecule is O=C(C1=NN(c2ccc(Cl)cc2)C(=O)CC1)N1CCCCC1. The Morgan fingerprint density at radius 2 is 1.73 bits per heavy atom. The van der Waals surface area contributed by atoms with E-state index in [2.05, 4.69) is 5.10 Å². The van der Waals surface area contributed by atoms with E-state index in [0.717, 1.165) is 25.9 Å². The predicted octanol–water partition coefficient (Wildman–Crippen LogP) is 2.84.